The summed E-state index contributed by atoms with van der Waals surface area (Å²) in [5.41, 5.74) is -0.681. The molecule has 2 atom stereocenters. The van der Waals surface area contributed by atoms with E-state index >= 15 is 0 Å². The van der Waals surface area contributed by atoms with Crippen LogP contribution in [-0.2, 0) is 4.79 Å². The molecule has 1 aliphatic carbocycles. The Balaban J connectivity index is 2.83. The predicted octanol–water partition coefficient (Wildman–Crippen LogP) is 3.99. The van der Waals surface area contributed by atoms with Gasteiger partial charge in [0, 0.05) is 18.8 Å². The first-order valence-corrected chi connectivity index (χ1v) is 8.66. The highest BCUT2D eigenvalue weighted by Crippen LogP contribution is 2.38. The van der Waals surface area contributed by atoms with E-state index in [1.807, 2.05) is 13.0 Å². The Morgan fingerprint density at radius 3 is 2.42 bits per heavy atom. The van der Waals surface area contributed by atoms with Crippen LogP contribution in [-0.4, -0.2) is 32.3 Å². The van der Waals surface area contributed by atoms with Crippen LogP contribution < -0.4 is 0 Å². The van der Waals surface area contributed by atoms with Crippen molar-refractivity contribution in [2.75, 3.05) is 0 Å². The van der Waals surface area contributed by atoms with E-state index in [2.05, 4.69) is 19.9 Å². The van der Waals surface area contributed by atoms with E-state index < -0.39 is 11.2 Å². The van der Waals surface area contributed by atoms with Crippen molar-refractivity contribution in [1.29, 1.82) is 0 Å². The number of ketones is 1. The lowest BCUT2D eigenvalue weighted by Gasteiger charge is -2.39. The third-order valence-corrected chi connectivity index (χ3v) is 4.39. The van der Waals surface area contributed by atoms with E-state index in [-0.39, 0.29) is 30.3 Å². The maximum atomic E-state index is 12.3. The quantitative estimate of drug-likeness (QED) is 0.614. The molecule has 0 aromatic heterocycles. The minimum atomic E-state index is -1.80. The summed E-state index contributed by atoms with van der Waals surface area (Å²) >= 11 is 0. The number of Topliss-reactive ketones (excluding diaryl/α,β-unsaturated/α-hetero) is 1. The van der Waals surface area contributed by atoms with Crippen LogP contribution in [0.2, 0.25) is 0 Å². The van der Waals surface area contributed by atoms with Gasteiger partial charge in [-0.1, -0.05) is 37.1 Å². The summed E-state index contributed by atoms with van der Waals surface area (Å²) in [6.45, 7) is 9.53. The Kier molecular flexibility index (Phi) is 6.99. The molecule has 0 aliphatic heterocycles. The second kappa shape index (κ2) is 8.13. The molecule has 4 nitrogen and oxygen atoms in total. The minimum Gasteiger partial charge on any atom is -0.512 e. The zero-order valence-corrected chi connectivity index (χ0v) is 15.6. The van der Waals surface area contributed by atoms with Gasteiger partial charge >= 0.3 is 0 Å². The highest BCUT2D eigenvalue weighted by atomic mass is 16.3. The Hall–Kier alpha value is -1.39. The number of allylic oxidation sites excluding steroid dienone is 3. The fourth-order valence-electron chi connectivity index (χ4n) is 3.14. The van der Waals surface area contributed by atoms with Gasteiger partial charge in [0.15, 0.2) is 5.78 Å². The molecule has 0 bridgehead atoms. The lowest BCUT2D eigenvalue weighted by atomic mass is 9.73. The Bertz CT molecular complexity index is 552. The highest BCUT2D eigenvalue weighted by Gasteiger charge is 2.47. The number of aliphatic hydroxyl groups excluding tert-OH is 1. The molecule has 136 valence electrons. The molecule has 0 amide bonds. The van der Waals surface area contributed by atoms with E-state index in [1.54, 1.807) is 13.8 Å². The Morgan fingerprint density at radius 2 is 1.88 bits per heavy atom. The third kappa shape index (κ3) is 5.91. The standard InChI is InChI=1S/C20H32O4/c1-14(2)7-6-8-16(5)9-10-19(23)11-17(21)12-20(24,13-19)18(22)15(3)4/h7,9,12,15,21,23-24H,6,8,10-11,13H2,1-5H3/b16-9+. The van der Waals surface area contributed by atoms with Crippen LogP contribution in [0.25, 0.3) is 0 Å². The van der Waals surface area contributed by atoms with Crippen molar-refractivity contribution in [1.82, 2.24) is 0 Å². The van der Waals surface area contributed by atoms with Crippen molar-refractivity contribution < 1.29 is 20.1 Å². The van der Waals surface area contributed by atoms with E-state index in [0.29, 0.717) is 6.42 Å². The summed E-state index contributed by atoms with van der Waals surface area (Å²) < 4.78 is 0. The number of rotatable bonds is 7. The lowest BCUT2D eigenvalue weighted by molar-refractivity contribution is -0.144. The summed E-state index contributed by atoms with van der Waals surface area (Å²) in [7, 11) is 0. The van der Waals surface area contributed by atoms with Crippen molar-refractivity contribution in [3.8, 4) is 0 Å². The summed E-state index contributed by atoms with van der Waals surface area (Å²) in [5.74, 6) is -0.880. The molecule has 3 N–H and O–H groups in total. The van der Waals surface area contributed by atoms with Crippen molar-refractivity contribution in [3.63, 3.8) is 0 Å². The topological polar surface area (TPSA) is 77.8 Å². The van der Waals surface area contributed by atoms with Crippen molar-refractivity contribution in [3.05, 3.63) is 35.1 Å². The van der Waals surface area contributed by atoms with Gasteiger partial charge in [-0.3, -0.25) is 4.79 Å². The number of hydrogen-bond acceptors (Lipinski definition) is 4. The maximum Gasteiger partial charge on any atom is 0.171 e. The first-order valence-electron chi connectivity index (χ1n) is 8.66. The molecular formula is C20H32O4. The molecule has 0 radical (unpaired) electrons. The fraction of sp³-hybridized carbons (Fsp3) is 0.650. The zero-order chi connectivity index (χ0) is 18.5. The average molecular weight is 336 g/mol. The molecule has 0 saturated heterocycles. The first kappa shape index (κ1) is 20.7. The van der Waals surface area contributed by atoms with Crippen molar-refractivity contribution in [2.45, 2.75) is 77.9 Å². The molecule has 0 aromatic carbocycles. The first-order chi connectivity index (χ1) is 11.0. The molecule has 0 saturated carbocycles. The number of carbonyl (C=O) groups excluding carboxylic acids is 1. The van der Waals surface area contributed by atoms with Gasteiger partial charge in [0.25, 0.3) is 0 Å². The molecule has 0 fully saturated rings. The Labute approximate surface area is 145 Å². The lowest BCUT2D eigenvalue weighted by Crippen LogP contribution is -2.50. The van der Waals surface area contributed by atoms with Crippen LogP contribution in [0.4, 0.5) is 0 Å². The van der Waals surface area contributed by atoms with E-state index in [1.165, 1.54) is 11.6 Å². The second-order valence-corrected chi connectivity index (χ2v) is 7.73. The van der Waals surface area contributed by atoms with E-state index in [9.17, 15) is 20.1 Å². The second-order valence-electron chi connectivity index (χ2n) is 7.73. The minimum absolute atomic E-state index is 0.0540. The number of carbonyl (C=O) groups is 1. The van der Waals surface area contributed by atoms with Gasteiger partial charge in [0.1, 0.15) is 5.60 Å². The van der Waals surface area contributed by atoms with Gasteiger partial charge < -0.3 is 15.3 Å². The fourth-order valence-corrected chi connectivity index (χ4v) is 3.14. The van der Waals surface area contributed by atoms with Crippen LogP contribution in [0.5, 0.6) is 0 Å². The van der Waals surface area contributed by atoms with E-state index in [4.69, 9.17) is 0 Å². The number of hydrogen-bond donors (Lipinski definition) is 3. The molecule has 0 spiro atoms. The average Bonchev–Trinajstić information content (AvgIpc) is 2.42. The van der Waals surface area contributed by atoms with Crippen molar-refractivity contribution >= 4 is 5.78 Å². The van der Waals surface area contributed by atoms with Crippen LogP contribution in [0, 0.1) is 5.92 Å². The van der Waals surface area contributed by atoms with Gasteiger partial charge in [0.2, 0.25) is 0 Å². The molecule has 2 unspecified atom stereocenters. The molecule has 0 heterocycles. The summed E-state index contributed by atoms with van der Waals surface area (Å²) in [6, 6.07) is 0. The third-order valence-electron chi connectivity index (χ3n) is 4.39. The van der Waals surface area contributed by atoms with Gasteiger partial charge in [-0.25, -0.2) is 0 Å². The van der Waals surface area contributed by atoms with Crippen molar-refractivity contribution in [2.24, 2.45) is 5.92 Å². The highest BCUT2D eigenvalue weighted by molar-refractivity contribution is 5.91. The normalized spacial score (nSPS) is 27.8. The van der Waals surface area contributed by atoms with Gasteiger partial charge in [-0.2, -0.15) is 0 Å². The Morgan fingerprint density at radius 1 is 1.25 bits per heavy atom. The molecule has 1 rings (SSSR count). The monoisotopic (exact) mass is 336 g/mol. The molecule has 1 aliphatic rings. The molecule has 4 heteroatoms. The molecule has 0 aromatic rings. The van der Waals surface area contributed by atoms with Crippen LogP contribution >= 0.6 is 0 Å². The summed E-state index contributed by atoms with van der Waals surface area (Å²) in [5, 5.41) is 31.3. The predicted molar refractivity (Wildman–Crippen MR) is 96.7 cm³/mol. The van der Waals surface area contributed by atoms with Crippen LogP contribution in [0.1, 0.15) is 66.7 Å². The number of aliphatic hydroxyl groups is 3. The van der Waals surface area contributed by atoms with E-state index in [0.717, 1.165) is 18.4 Å². The largest absolute Gasteiger partial charge is 0.512 e. The van der Waals surface area contributed by atoms with Gasteiger partial charge in [-0.05, 0) is 46.1 Å². The zero-order valence-electron chi connectivity index (χ0n) is 15.6. The summed E-state index contributed by atoms with van der Waals surface area (Å²) in [4.78, 5) is 12.3. The van der Waals surface area contributed by atoms with Crippen LogP contribution in [0.3, 0.4) is 0 Å². The van der Waals surface area contributed by atoms with Gasteiger partial charge in [-0.15, -0.1) is 0 Å². The maximum absolute atomic E-state index is 12.3. The summed E-state index contributed by atoms with van der Waals surface area (Å²) in [6.07, 6.45) is 7.42. The molecule has 24 heavy (non-hydrogen) atoms. The van der Waals surface area contributed by atoms with Crippen LogP contribution in [0.15, 0.2) is 35.1 Å². The molecular weight excluding hydrogens is 304 g/mol. The smallest absolute Gasteiger partial charge is 0.171 e. The SMILES string of the molecule is CC(C)=CCC/C(C)=C/CC1(O)CC(O)=CC(O)(C(=O)C(C)C)C1. The van der Waals surface area contributed by atoms with Gasteiger partial charge in [0.05, 0.1) is 11.4 Å².